The molecule has 0 amide bonds. The summed E-state index contributed by atoms with van der Waals surface area (Å²) in [5, 5.41) is 20.7. The molecule has 108 valence electrons. The molecular formula is C15H14BrFN4. The van der Waals surface area contributed by atoms with Crippen molar-refractivity contribution in [3.8, 4) is 6.07 Å². The molecular weight excluding hydrogens is 335 g/mol. The molecule has 0 unspecified atom stereocenters. The SMILES string of the molecule is CCc1nnc(Nc2ccc(F)cc2Br)c(C#N)c1CC. The zero-order valence-electron chi connectivity index (χ0n) is 11.7. The Balaban J connectivity index is 2.47. The Bertz CT molecular complexity index is 710. The van der Waals surface area contributed by atoms with Crippen LogP contribution in [0.1, 0.15) is 30.7 Å². The number of rotatable bonds is 4. The number of nitrogens with zero attached hydrogens (tertiary/aromatic N) is 3. The predicted octanol–water partition coefficient (Wildman–Crippen LogP) is 4.12. The maximum absolute atomic E-state index is 13.1. The van der Waals surface area contributed by atoms with E-state index in [2.05, 4.69) is 37.5 Å². The van der Waals surface area contributed by atoms with Crippen molar-refractivity contribution in [2.45, 2.75) is 26.7 Å². The van der Waals surface area contributed by atoms with Crippen molar-refractivity contribution in [3.05, 3.63) is 45.3 Å². The number of aryl methyl sites for hydroxylation is 1. The van der Waals surface area contributed by atoms with E-state index in [4.69, 9.17) is 0 Å². The van der Waals surface area contributed by atoms with Crippen LogP contribution in [0.2, 0.25) is 0 Å². The van der Waals surface area contributed by atoms with Gasteiger partial charge in [0.25, 0.3) is 0 Å². The molecule has 0 aliphatic carbocycles. The lowest BCUT2D eigenvalue weighted by Crippen LogP contribution is -2.07. The van der Waals surface area contributed by atoms with Crippen LogP contribution in [-0.2, 0) is 12.8 Å². The summed E-state index contributed by atoms with van der Waals surface area (Å²) in [5.41, 5.74) is 2.85. The van der Waals surface area contributed by atoms with Crippen molar-refractivity contribution < 1.29 is 4.39 Å². The number of hydrogen-bond donors (Lipinski definition) is 1. The molecule has 0 atom stereocenters. The average Bonchev–Trinajstić information content (AvgIpc) is 2.49. The lowest BCUT2D eigenvalue weighted by Gasteiger charge is -2.13. The normalized spacial score (nSPS) is 10.2. The van der Waals surface area contributed by atoms with Gasteiger partial charge in [-0.25, -0.2) is 4.39 Å². The molecule has 1 aromatic heterocycles. The van der Waals surface area contributed by atoms with Crippen LogP contribution < -0.4 is 5.32 Å². The Hall–Kier alpha value is -2.00. The van der Waals surface area contributed by atoms with Gasteiger partial charge in [0, 0.05) is 4.47 Å². The number of halogens is 2. The van der Waals surface area contributed by atoms with E-state index in [1.807, 2.05) is 13.8 Å². The molecule has 1 N–H and O–H groups in total. The molecule has 1 aromatic carbocycles. The van der Waals surface area contributed by atoms with E-state index in [-0.39, 0.29) is 5.82 Å². The second-order valence-electron chi connectivity index (χ2n) is 4.42. The summed E-state index contributed by atoms with van der Waals surface area (Å²) in [7, 11) is 0. The first-order chi connectivity index (χ1) is 10.1. The Morgan fingerprint density at radius 3 is 2.62 bits per heavy atom. The van der Waals surface area contributed by atoms with Crippen molar-refractivity contribution in [1.82, 2.24) is 10.2 Å². The summed E-state index contributed by atoms with van der Waals surface area (Å²) in [6, 6.07) is 6.46. The third-order valence-electron chi connectivity index (χ3n) is 3.14. The molecule has 2 aromatic rings. The molecule has 1 heterocycles. The molecule has 0 spiro atoms. The lowest BCUT2D eigenvalue weighted by molar-refractivity contribution is 0.627. The van der Waals surface area contributed by atoms with Gasteiger partial charge in [-0.2, -0.15) is 10.4 Å². The van der Waals surface area contributed by atoms with Crippen LogP contribution in [-0.4, -0.2) is 10.2 Å². The van der Waals surface area contributed by atoms with Crippen LogP contribution in [0, 0.1) is 17.1 Å². The monoisotopic (exact) mass is 348 g/mol. The predicted molar refractivity (Wildman–Crippen MR) is 82.9 cm³/mol. The van der Waals surface area contributed by atoms with Gasteiger partial charge in [0.05, 0.1) is 11.4 Å². The van der Waals surface area contributed by atoms with Gasteiger partial charge < -0.3 is 5.32 Å². The number of aromatic nitrogens is 2. The minimum Gasteiger partial charge on any atom is -0.337 e. The Morgan fingerprint density at radius 2 is 2.05 bits per heavy atom. The maximum Gasteiger partial charge on any atom is 0.171 e. The molecule has 0 fully saturated rings. The van der Waals surface area contributed by atoms with E-state index in [1.165, 1.54) is 12.1 Å². The molecule has 0 bridgehead atoms. The fourth-order valence-corrected chi connectivity index (χ4v) is 2.55. The second-order valence-corrected chi connectivity index (χ2v) is 5.27. The van der Waals surface area contributed by atoms with E-state index in [0.717, 1.165) is 17.7 Å². The van der Waals surface area contributed by atoms with Gasteiger partial charge in [0.1, 0.15) is 17.4 Å². The van der Waals surface area contributed by atoms with Gasteiger partial charge in [0.2, 0.25) is 0 Å². The Kier molecular flexibility index (Phi) is 4.86. The summed E-state index contributed by atoms with van der Waals surface area (Å²) in [4.78, 5) is 0. The molecule has 6 heteroatoms. The molecule has 0 aliphatic heterocycles. The molecule has 0 aliphatic rings. The molecule has 4 nitrogen and oxygen atoms in total. The van der Waals surface area contributed by atoms with E-state index in [1.54, 1.807) is 6.07 Å². The highest BCUT2D eigenvalue weighted by Gasteiger charge is 2.15. The molecule has 21 heavy (non-hydrogen) atoms. The minimum atomic E-state index is -0.338. The summed E-state index contributed by atoms with van der Waals surface area (Å²) >= 11 is 3.28. The molecule has 0 saturated heterocycles. The van der Waals surface area contributed by atoms with Crippen molar-refractivity contribution in [1.29, 1.82) is 5.26 Å². The zero-order chi connectivity index (χ0) is 15.4. The fraction of sp³-hybridized carbons (Fsp3) is 0.267. The molecule has 2 rings (SSSR count). The van der Waals surface area contributed by atoms with Crippen LogP contribution in [0.25, 0.3) is 0 Å². The van der Waals surface area contributed by atoms with Gasteiger partial charge in [-0.05, 0) is 52.5 Å². The van der Waals surface area contributed by atoms with Crippen LogP contribution in [0.3, 0.4) is 0 Å². The number of benzene rings is 1. The first kappa shape index (κ1) is 15.4. The van der Waals surface area contributed by atoms with Gasteiger partial charge in [-0.1, -0.05) is 13.8 Å². The van der Waals surface area contributed by atoms with Crippen LogP contribution in [0.5, 0.6) is 0 Å². The zero-order valence-corrected chi connectivity index (χ0v) is 13.3. The highest BCUT2D eigenvalue weighted by atomic mass is 79.9. The second kappa shape index (κ2) is 6.64. The van der Waals surface area contributed by atoms with Gasteiger partial charge in [-0.3, -0.25) is 0 Å². The van der Waals surface area contributed by atoms with Crippen LogP contribution in [0.4, 0.5) is 15.9 Å². The third kappa shape index (κ3) is 3.19. The van der Waals surface area contributed by atoms with Gasteiger partial charge in [-0.15, -0.1) is 5.10 Å². The number of anilines is 2. The van der Waals surface area contributed by atoms with E-state index in [9.17, 15) is 9.65 Å². The van der Waals surface area contributed by atoms with Crippen LogP contribution >= 0.6 is 15.9 Å². The number of nitrogens with one attached hydrogen (secondary N) is 1. The summed E-state index contributed by atoms with van der Waals surface area (Å²) in [6.45, 7) is 3.96. The van der Waals surface area contributed by atoms with Gasteiger partial charge >= 0.3 is 0 Å². The average molecular weight is 349 g/mol. The Labute approximate surface area is 131 Å². The highest BCUT2D eigenvalue weighted by Crippen LogP contribution is 2.28. The third-order valence-corrected chi connectivity index (χ3v) is 3.80. The van der Waals surface area contributed by atoms with Crippen molar-refractivity contribution >= 4 is 27.4 Å². The highest BCUT2D eigenvalue weighted by molar-refractivity contribution is 9.10. The number of hydrogen-bond acceptors (Lipinski definition) is 4. The quantitative estimate of drug-likeness (QED) is 0.902. The summed E-state index contributed by atoms with van der Waals surface area (Å²) in [6.07, 6.45) is 1.44. The smallest absolute Gasteiger partial charge is 0.171 e. The largest absolute Gasteiger partial charge is 0.337 e. The fourth-order valence-electron chi connectivity index (χ4n) is 2.10. The summed E-state index contributed by atoms with van der Waals surface area (Å²) < 4.78 is 13.7. The van der Waals surface area contributed by atoms with Crippen LogP contribution in [0.15, 0.2) is 22.7 Å². The van der Waals surface area contributed by atoms with Crippen molar-refractivity contribution in [3.63, 3.8) is 0 Å². The molecule has 0 radical (unpaired) electrons. The topological polar surface area (TPSA) is 61.6 Å². The summed E-state index contributed by atoms with van der Waals surface area (Å²) in [5.74, 6) is 0.0495. The first-order valence-electron chi connectivity index (χ1n) is 6.61. The van der Waals surface area contributed by atoms with E-state index in [0.29, 0.717) is 28.0 Å². The van der Waals surface area contributed by atoms with E-state index >= 15 is 0 Å². The van der Waals surface area contributed by atoms with E-state index < -0.39 is 0 Å². The van der Waals surface area contributed by atoms with Gasteiger partial charge in [0.15, 0.2) is 5.82 Å². The Morgan fingerprint density at radius 1 is 1.29 bits per heavy atom. The standard InChI is InChI=1S/C15H14BrFN4/c1-3-10-11(8-18)15(21-20-13(10)4-2)19-14-6-5-9(17)7-12(14)16/h5-7H,3-4H2,1-2H3,(H,19,21). The first-order valence-corrected chi connectivity index (χ1v) is 7.40. The van der Waals surface area contributed by atoms with Crippen molar-refractivity contribution in [2.75, 3.05) is 5.32 Å². The maximum atomic E-state index is 13.1. The lowest BCUT2D eigenvalue weighted by atomic mass is 10.0. The number of nitriles is 1. The minimum absolute atomic E-state index is 0.338. The van der Waals surface area contributed by atoms with Crippen molar-refractivity contribution in [2.24, 2.45) is 0 Å². The molecule has 0 saturated carbocycles.